The van der Waals surface area contributed by atoms with E-state index in [-0.39, 0.29) is 5.54 Å². The van der Waals surface area contributed by atoms with E-state index in [1.807, 2.05) is 0 Å². The van der Waals surface area contributed by atoms with Crippen molar-refractivity contribution < 1.29 is 8.42 Å². The summed E-state index contributed by atoms with van der Waals surface area (Å²) < 4.78 is 22.8. The van der Waals surface area contributed by atoms with E-state index >= 15 is 0 Å². The number of nitrogens with zero attached hydrogens (tertiary/aromatic N) is 1. The number of sulfone groups is 1. The van der Waals surface area contributed by atoms with Gasteiger partial charge in [-0.15, -0.1) is 0 Å². The largest absolute Gasteiger partial charge is 0.312 e. The summed E-state index contributed by atoms with van der Waals surface area (Å²) in [6.45, 7) is 3.09. The third-order valence-electron chi connectivity index (χ3n) is 4.97. The minimum atomic E-state index is -2.85. The van der Waals surface area contributed by atoms with Gasteiger partial charge in [-0.1, -0.05) is 32.6 Å². The third-order valence-corrected chi connectivity index (χ3v) is 6.00. The van der Waals surface area contributed by atoms with Gasteiger partial charge in [0.05, 0.1) is 0 Å². The molecule has 0 aromatic carbocycles. The second kappa shape index (κ2) is 8.49. The van der Waals surface area contributed by atoms with Crippen LogP contribution < -0.4 is 5.32 Å². The minimum Gasteiger partial charge on any atom is -0.312 e. The Hall–Kier alpha value is -0.130. The molecule has 0 aromatic heterocycles. The molecule has 1 aliphatic carbocycles. The first kappa shape index (κ1) is 18.9. The van der Waals surface area contributed by atoms with Crippen LogP contribution in [0.3, 0.4) is 0 Å². The Bertz CT molecular complexity index is 385. The molecule has 1 rings (SSSR count). The van der Waals surface area contributed by atoms with Gasteiger partial charge in [0.25, 0.3) is 0 Å². The van der Waals surface area contributed by atoms with Gasteiger partial charge in [-0.25, -0.2) is 8.42 Å². The molecule has 4 nitrogen and oxygen atoms in total. The molecule has 1 unspecified atom stereocenters. The van der Waals surface area contributed by atoms with Crippen LogP contribution in [0.25, 0.3) is 0 Å². The molecule has 0 spiro atoms. The number of nitrogens with one attached hydrogen (secondary N) is 1. The molecule has 1 saturated carbocycles. The lowest BCUT2D eigenvalue weighted by atomic mass is 9.79. The highest BCUT2D eigenvalue weighted by Gasteiger charge is 2.40. The molecule has 1 aliphatic rings. The molecule has 1 N–H and O–H groups in total. The average Bonchev–Trinajstić information content (AvgIpc) is 2.63. The monoisotopic (exact) mass is 318 g/mol. The van der Waals surface area contributed by atoms with E-state index in [1.165, 1.54) is 44.8 Å². The molecular formula is C16H34N2O2S. The average molecular weight is 319 g/mol. The van der Waals surface area contributed by atoms with Crippen molar-refractivity contribution in [2.24, 2.45) is 0 Å². The van der Waals surface area contributed by atoms with Crippen LogP contribution in [0.15, 0.2) is 0 Å². The van der Waals surface area contributed by atoms with Crippen molar-refractivity contribution in [2.45, 2.75) is 69.9 Å². The summed E-state index contributed by atoms with van der Waals surface area (Å²) in [4.78, 5) is 2.39. The van der Waals surface area contributed by atoms with Crippen molar-refractivity contribution in [1.29, 1.82) is 0 Å². The minimum absolute atomic E-state index is 0.185. The summed E-state index contributed by atoms with van der Waals surface area (Å²) in [5, 5.41) is 3.65. The van der Waals surface area contributed by atoms with Crippen molar-refractivity contribution >= 4 is 9.84 Å². The van der Waals surface area contributed by atoms with E-state index in [0.717, 1.165) is 19.4 Å². The molecule has 21 heavy (non-hydrogen) atoms. The number of hydrogen-bond donors (Lipinski definition) is 1. The van der Waals surface area contributed by atoms with Crippen molar-refractivity contribution in [2.75, 3.05) is 32.6 Å². The smallest absolute Gasteiger partial charge is 0.147 e. The Morgan fingerprint density at radius 3 is 2.14 bits per heavy atom. The van der Waals surface area contributed by atoms with E-state index < -0.39 is 9.84 Å². The van der Waals surface area contributed by atoms with Crippen molar-refractivity contribution in [1.82, 2.24) is 10.2 Å². The van der Waals surface area contributed by atoms with Crippen molar-refractivity contribution in [3.05, 3.63) is 0 Å². The number of likely N-dealkylation sites (N-methyl/N-ethyl adjacent to an activating group) is 2. The zero-order valence-corrected chi connectivity index (χ0v) is 15.1. The van der Waals surface area contributed by atoms with Gasteiger partial charge in [0, 0.05) is 23.6 Å². The molecule has 0 bridgehead atoms. The molecule has 126 valence electrons. The molecule has 0 radical (unpaired) electrons. The molecule has 0 aromatic rings. The van der Waals surface area contributed by atoms with E-state index in [2.05, 4.69) is 31.2 Å². The van der Waals surface area contributed by atoms with Crippen LogP contribution in [-0.4, -0.2) is 57.5 Å². The molecular weight excluding hydrogens is 284 g/mol. The zero-order chi connectivity index (χ0) is 15.9. The molecule has 1 fully saturated rings. The van der Waals surface area contributed by atoms with Crippen LogP contribution in [0.5, 0.6) is 0 Å². The van der Waals surface area contributed by atoms with Gasteiger partial charge in [0.2, 0.25) is 0 Å². The molecule has 1 atom stereocenters. The molecule has 0 amide bonds. The van der Waals surface area contributed by atoms with Crippen molar-refractivity contribution in [3.8, 4) is 0 Å². The summed E-state index contributed by atoms with van der Waals surface area (Å²) >= 11 is 0. The van der Waals surface area contributed by atoms with E-state index in [0.29, 0.717) is 11.8 Å². The fourth-order valence-corrected chi connectivity index (χ4v) is 4.50. The second-order valence-electron chi connectivity index (χ2n) is 6.79. The highest BCUT2D eigenvalue weighted by molar-refractivity contribution is 7.90. The summed E-state index contributed by atoms with van der Waals surface area (Å²) in [5.74, 6) is 0.304. The standard InChI is InChI=1S/C16H34N2O2S/c1-5-17-15(11-10-14-21(4,19)20)16(18(2)3)12-8-6-7-9-13-16/h15,17H,5-14H2,1-4H3. The second-order valence-corrected chi connectivity index (χ2v) is 9.05. The molecule has 0 saturated heterocycles. The van der Waals surface area contributed by atoms with Crippen LogP contribution in [0.1, 0.15) is 58.3 Å². The maximum Gasteiger partial charge on any atom is 0.147 e. The van der Waals surface area contributed by atoms with Gasteiger partial charge in [0.15, 0.2) is 0 Å². The Morgan fingerprint density at radius 1 is 1.14 bits per heavy atom. The first-order chi connectivity index (χ1) is 9.82. The fraction of sp³-hybridized carbons (Fsp3) is 1.00. The maximum absolute atomic E-state index is 11.4. The van der Waals surface area contributed by atoms with E-state index in [9.17, 15) is 8.42 Å². The summed E-state index contributed by atoms with van der Waals surface area (Å²) in [6, 6.07) is 0.386. The summed E-state index contributed by atoms with van der Waals surface area (Å²) in [7, 11) is 1.52. The predicted octanol–water partition coefficient (Wildman–Crippen LogP) is 2.44. The van der Waals surface area contributed by atoms with Gasteiger partial charge in [0.1, 0.15) is 9.84 Å². The Labute approximate surface area is 131 Å². The first-order valence-corrected chi connectivity index (χ1v) is 10.5. The normalized spacial score (nSPS) is 21.2. The lowest BCUT2D eigenvalue weighted by Gasteiger charge is -2.46. The fourth-order valence-electron chi connectivity index (χ4n) is 3.80. The topological polar surface area (TPSA) is 49.4 Å². The zero-order valence-electron chi connectivity index (χ0n) is 14.3. The summed E-state index contributed by atoms with van der Waals surface area (Å²) in [5.41, 5.74) is 0.185. The Balaban J connectivity index is 2.81. The highest BCUT2D eigenvalue weighted by Crippen LogP contribution is 2.35. The van der Waals surface area contributed by atoms with Crippen molar-refractivity contribution in [3.63, 3.8) is 0 Å². The van der Waals surface area contributed by atoms with Gasteiger partial charge < -0.3 is 10.2 Å². The number of rotatable bonds is 8. The quantitative estimate of drug-likeness (QED) is 0.698. The summed E-state index contributed by atoms with van der Waals surface area (Å²) in [6.07, 6.45) is 10.7. The number of hydrogen-bond acceptors (Lipinski definition) is 4. The van der Waals surface area contributed by atoms with Gasteiger partial charge in [-0.2, -0.15) is 0 Å². The maximum atomic E-state index is 11.4. The van der Waals surface area contributed by atoms with Gasteiger partial charge in [-0.3, -0.25) is 0 Å². The lowest BCUT2D eigenvalue weighted by Crippen LogP contribution is -2.59. The van der Waals surface area contributed by atoms with Crippen LogP contribution >= 0.6 is 0 Å². The van der Waals surface area contributed by atoms with Gasteiger partial charge in [-0.05, 0) is 46.3 Å². The van der Waals surface area contributed by atoms with Crippen LogP contribution in [0, 0.1) is 0 Å². The Kier molecular flexibility index (Phi) is 7.65. The SMILES string of the molecule is CCNC(CCCS(C)(=O)=O)C1(N(C)C)CCCCCC1. The van der Waals surface area contributed by atoms with Crippen LogP contribution in [0.2, 0.25) is 0 Å². The lowest BCUT2D eigenvalue weighted by molar-refractivity contribution is 0.0767. The van der Waals surface area contributed by atoms with Gasteiger partial charge >= 0.3 is 0 Å². The predicted molar refractivity (Wildman–Crippen MR) is 90.5 cm³/mol. The van der Waals surface area contributed by atoms with E-state index in [4.69, 9.17) is 0 Å². The van der Waals surface area contributed by atoms with E-state index in [1.54, 1.807) is 0 Å². The Morgan fingerprint density at radius 2 is 1.71 bits per heavy atom. The third kappa shape index (κ3) is 5.87. The molecule has 0 heterocycles. The van der Waals surface area contributed by atoms with Crippen LogP contribution in [-0.2, 0) is 9.84 Å². The van der Waals surface area contributed by atoms with Crippen LogP contribution in [0.4, 0.5) is 0 Å². The highest BCUT2D eigenvalue weighted by atomic mass is 32.2. The first-order valence-electron chi connectivity index (χ1n) is 8.40. The molecule has 5 heteroatoms. The molecule has 0 aliphatic heterocycles.